The Bertz CT molecular complexity index is 719. The zero-order chi connectivity index (χ0) is 16.1. The molecule has 2 aromatic heterocycles. The molecule has 0 aliphatic carbocycles. The molecule has 3 rings (SSSR count). The van der Waals surface area contributed by atoms with Crippen molar-refractivity contribution in [1.82, 2.24) is 15.3 Å². The van der Waals surface area contributed by atoms with E-state index in [1.165, 1.54) is 0 Å². The molecule has 2 aromatic rings. The summed E-state index contributed by atoms with van der Waals surface area (Å²) in [5.74, 6) is 1.41. The Kier molecular flexibility index (Phi) is 4.69. The molecule has 0 amide bonds. The molecule has 6 nitrogen and oxygen atoms in total. The minimum absolute atomic E-state index is 0.224. The van der Waals surface area contributed by atoms with Crippen molar-refractivity contribution < 1.29 is 4.74 Å². The van der Waals surface area contributed by atoms with Gasteiger partial charge in [-0.1, -0.05) is 0 Å². The van der Waals surface area contributed by atoms with Crippen LogP contribution < -0.4 is 15.4 Å². The fourth-order valence-corrected chi connectivity index (χ4v) is 2.55. The highest BCUT2D eigenvalue weighted by atomic mass is 16.5. The number of nitrogens with zero attached hydrogens (tertiary/aromatic N) is 3. The van der Waals surface area contributed by atoms with Crippen LogP contribution in [0.15, 0.2) is 30.6 Å². The summed E-state index contributed by atoms with van der Waals surface area (Å²) < 4.78 is 5.93. The number of aromatic nitrogens is 2. The third kappa shape index (κ3) is 3.76. The lowest BCUT2D eigenvalue weighted by Gasteiger charge is -2.13. The maximum absolute atomic E-state index is 9.23. The first-order chi connectivity index (χ1) is 11.3. The summed E-state index contributed by atoms with van der Waals surface area (Å²) in [5.41, 5.74) is 2.32. The molecule has 0 saturated carbocycles. The molecule has 6 heteroatoms. The van der Waals surface area contributed by atoms with Crippen LogP contribution >= 0.6 is 0 Å². The Morgan fingerprint density at radius 1 is 1.39 bits per heavy atom. The first kappa shape index (κ1) is 15.3. The van der Waals surface area contributed by atoms with Crippen molar-refractivity contribution in [2.75, 3.05) is 18.4 Å². The number of nitrogens with one attached hydrogen (secondary N) is 2. The van der Waals surface area contributed by atoms with Gasteiger partial charge in [0.05, 0.1) is 17.8 Å². The summed E-state index contributed by atoms with van der Waals surface area (Å²) in [7, 11) is 0. The molecule has 1 saturated heterocycles. The van der Waals surface area contributed by atoms with Crippen LogP contribution in [-0.4, -0.2) is 29.2 Å². The molecule has 1 unspecified atom stereocenters. The predicted molar refractivity (Wildman–Crippen MR) is 87.2 cm³/mol. The van der Waals surface area contributed by atoms with Gasteiger partial charge in [-0.05, 0) is 37.6 Å². The van der Waals surface area contributed by atoms with Crippen LogP contribution in [-0.2, 0) is 6.54 Å². The SMILES string of the molecule is Cc1ccnc(NCc2cc(OC3CCNC3)ccn2)c1C#N. The minimum atomic E-state index is 0.224. The summed E-state index contributed by atoms with van der Waals surface area (Å²) in [5, 5.41) is 15.7. The van der Waals surface area contributed by atoms with Gasteiger partial charge in [-0.25, -0.2) is 4.98 Å². The Morgan fingerprint density at radius 3 is 3.04 bits per heavy atom. The zero-order valence-electron chi connectivity index (χ0n) is 13.0. The van der Waals surface area contributed by atoms with Crippen LogP contribution in [0.5, 0.6) is 5.75 Å². The summed E-state index contributed by atoms with van der Waals surface area (Å²) in [6.45, 7) is 4.27. The van der Waals surface area contributed by atoms with E-state index in [-0.39, 0.29) is 6.10 Å². The summed E-state index contributed by atoms with van der Waals surface area (Å²) in [6.07, 6.45) is 4.68. The number of aryl methyl sites for hydroxylation is 1. The van der Waals surface area contributed by atoms with Crippen LogP contribution in [0.3, 0.4) is 0 Å². The average Bonchev–Trinajstić information content (AvgIpc) is 3.06. The topological polar surface area (TPSA) is 82.9 Å². The minimum Gasteiger partial charge on any atom is -0.489 e. The van der Waals surface area contributed by atoms with Crippen molar-refractivity contribution in [2.45, 2.75) is 26.0 Å². The number of ether oxygens (including phenoxy) is 1. The molecule has 1 aliphatic heterocycles. The van der Waals surface area contributed by atoms with Crippen LogP contribution in [0.4, 0.5) is 5.82 Å². The van der Waals surface area contributed by atoms with E-state index in [2.05, 4.69) is 26.7 Å². The number of nitriles is 1. The van der Waals surface area contributed by atoms with Gasteiger partial charge in [0.15, 0.2) is 0 Å². The second-order valence-corrected chi connectivity index (χ2v) is 5.53. The van der Waals surface area contributed by atoms with Gasteiger partial charge in [-0.15, -0.1) is 0 Å². The van der Waals surface area contributed by atoms with E-state index in [9.17, 15) is 5.26 Å². The lowest BCUT2D eigenvalue weighted by molar-refractivity contribution is 0.222. The van der Waals surface area contributed by atoms with E-state index >= 15 is 0 Å². The Hall–Kier alpha value is -2.65. The fraction of sp³-hybridized carbons (Fsp3) is 0.353. The largest absolute Gasteiger partial charge is 0.489 e. The van der Waals surface area contributed by atoms with E-state index in [0.717, 1.165) is 36.5 Å². The number of hydrogen-bond acceptors (Lipinski definition) is 6. The molecular formula is C17H19N5O. The number of anilines is 1. The highest BCUT2D eigenvalue weighted by Gasteiger charge is 2.16. The molecule has 0 bridgehead atoms. The average molecular weight is 309 g/mol. The molecule has 1 fully saturated rings. The summed E-state index contributed by atoms with van der Waals surface area (Å²) >= 11 is 0. The van der Waals surface area contributed by atoms with Gasteiger partial charge in [-0.2, -0.15) is 5.26 Å². The third-order valence-corrected chi connectivity index (χ3v) is 3.81. The quantitative estimate of drug-likeness (QED) is 0.879. The molecule has 1 atom stereocenters. The summed E-state index contributed by atoms with van der Waals surface area (Å²) in [6, 6.07) is 7.80. The molecule has 23 heavy (non-hydrogen) atoms. The standard InChI is InChI=1S/C17H19N5O/c1-12-2-6-21-17(16(12)9-18)22-10-13-8-14(4-7-20-13)23-15-3-5-19-11-15/h2,4,6-8,15,19H,3,5,10-11H2,1H3,(H,21,22). The normalized spacial score (nSPS) is 16.8. The second kappa shape index (κ2) is 7.07. The first-order valence-electron chi connectivity index (χ1n) is 7.68. The molecule has 0 spiro atoms. The van der Waals surface area contributed by atoms with Gasteiger partial charge in [0.2, 0.25) is 0 Å². The predicted octanol–water partition coefficient (Wildman–Crippen LogP) is 2.01. The van der Waals surface area contributed by atoms with Crippen molar-refractivity contribution in [1.29, 1.82) is 5.26 Å². The van der Waals surface area contributed by atoms with Crippen molar-refractivity contribution >= 4 is 5.82 Å². The maximum atomic E-state index is 9.23. The Morgan fingerprint density at radius 2 is 2.26 bits per heavy atom. The number of rotatable bonds is 5. The van der Waals surface area contributed by atoms with Gasteiger partial charge >= 0.3 is 0 Å². The second-order valence-electron chi connectivity index (χ2n) is 5.53. The van der Waals surface area contributed by atoms with E-state index in [1.54, 1.807) is 12.4 Å². The number of pyridine rings is 2. The molecule has 0 radical (unpaired) electrons. The molecule has 118 valence electrons. The molecular weight excluding hydrogens is 290 g/mol. The van der Waals surface area contributed by atoms with E-state index in [4.69, 9.17) is 4.74 Å². The van der Waals surface area contributed by atoms with Gasteiger partial charge in [0.1, 0.15) is 23.7 Å². The summed E-state index contributed by atoms with van der Waals surface area (Å²) in [4.78, 5) is 8.57. The zero-order valence-corrected chi connectivity index (χ0v) is 13.0. The molecule has 0 aromatic carbocycles. The van der Waals surface area contributed by atoms with Gasteiger partial charge in [-0.3, -0.25) is 4.98 Å². The van der Waals surface area contributed by atoms with E-state index < -0.39 is 0 Å². The van der Waals surface area contributed by atoms with Crippen molar-refractivity contribution in [2.24, 2.45) is 0 Å². The van der Waals surface area contributed by atoms with Crippen molar-refractivity contribution in [3.8, 4) is 11.8 Å². The van der Waals surface area contributed by atoms with Crippen molar-refractivity contribution in [3.05, 3.63) is 47.4 Å². The smallest absolute Gasteiger partial charge is 0.144 e. The first-order valence-corrected chi connectivity index (χ1v) is 7.68. The number of hydrogen-bond donors (Lipinski definition) is 2. The van der Waals surface area contributed by atoms with Crippen LogP contribution in [0.2, 0.25) is 0 Å². The van der Waals surface area contributed by atoms with Crippen LogP contribution in [0, 0.1) is 18.3 Å². The van der Waals surface area contributed by atoms with E-state index in [0.29, 0.717) is 17.9 Å². The lowest BCUT2D eigenvalue weighted by Crippen LogP contribution is -2.19. The highest BCUT2D eigenvalue weighted by Crippen LogP contribution is 2.18. The Balaban J connectivity index is 1.67. The van der Waals surface area contributed by atoms with Crippen molar-refractivity contribution in [3.63, 3.8) is 0 Å². The lowest BCUT2D eigenvalue weighted by atomic mass is 10.1. The molecule has 2 N–H and O–H groups in total. The van der Waals surface area contributed by atoms with Crippen LogP contribution in [0.1, 0.15) is 23.2 Å². The van der Waals surface area contributed by atoms with Gasteiger partial charge in [0, 0.05) is 25.0 Å². The fourth-order valence-electron chi connectivity index (χ4n) is 2.55. The maximum Gasteiger partial charge on any atom is 0.144 e. The van der Waals surface area contributed by atoms with Gasteiger partial charge in [0.25, 0.3) is 0 Å². The van der Waals surface area contributed by atoms with E-state index in [1.807, 2.05) is 25.1 Å². The van der Waals surface area contributed by atoms with Crippen LogP contribution in [0.25, 0.3) is 0 Å². The molecule has 3 heterocycles. The Labute approximate surface area is 135 Å². The highest BCUT2D eigenvalue weighted by molar-refractivity contribution is 5.55. The third-order valence-electron chi connectivity index (χ3n) is 3.81. The monoisotopic (exact) mass is 309 g/mol. The molecule has 1 aliphatic rings. The van der Waals surface area contributed by atoms with Gasteiger partial charge < -0.3 is 15.4 Å².